The van der Waals surface area contributed by atoms with Crippen LogP contribution in [0.5, 0.6) is 0 Å². The minimum Gasteiger partial charge on any atom is -0.354 e. The summed E-state index contributed by atoms with van der Waals surface area (Å²) in [5.41, 5.74) is 0. The molecular weight excluding hydrogens is 292 g/mol. The SMILES string of the molecule is CN=C(NCCn1cncn1)N1CCN(c2ccccn2)CC1. The van der Waals surface area contributed by atoms with Crippen LogP contribution in [-0.4, -0.2) is 70.4 Å². The average Bonchev–Trinajstić information content (AvgIpc) is 3.13. The normalized spacial score (nSPS) is 15.8. The zero-order valence-corrected chi connectivity index (χ0v) is 13.3. The molecule has 0 aromatic carbocycles. The number of hydrogen-bond acceptors (Lipinski definition) is 5. The highest BCUT2D eigenvalue weighted by molar-refractivity contribution is 5.80. The summed E-state index contributed by atoms with van der Waals surface area (Å²) in [4.78, 5) is 17.3. The predicted molar refractivity (Wildman–Crippen MR) is 89.4 cm³/mol. The van der Waals surface area contributed by atoms with Crippen LogP contribution in [0.3, 0.4) is 0 Å². The van der Waals surface area contributed by atoms with Crippen molar-refractivity contribution in [3.05, 3.63) is 37.1 Å². The quantitative estimate of drug-likeness (QED) is 0.636. The van der Waals surface area contributed by atoms with E-state index in [4.69, 9.17) is 0 Å². The van der Waals surface area contributed by atoms with Crippen molar-refractivity contribution in [2.75, 3.05) is 44.7 Å². The number of anilines is 1. The first-order chi connectivity index (χ1) is 11.4. The fourth-order valence-electron chi connectivity index (χ4n) is 2.65. The van der Waals surface area contributed by atoms with Crippen LogP contribution >= 0.6 is 0 Å². The van der Waals surface area contributed by atoms with Gasteiger partial charge in [0, 0.05) is 46.0 Å². The van der Waals surface area contributed by atoms with E-state index in [0.29, 0.717) is 0 Å². The van der Waals surface area contributed by atoms with E-state index >= 15 is 0 Å². The number of pyridine rings is 1. The average molecular weight is 314 g/mol. The minimum atomic E-state index is 0.771. The van der Waals surface area contributed by atoms with E-state index in [1.54, 1.807) is 17.3 Å². The van der Waals surface area contributed by atoms with Gasteiger partial charge in [-0.2, -0.15) is 5.10 Å². The van der Waals surface area contributed by atoms with Crippen LogP contribution in [0.25, 0.3) is 0 Å². The second-order valence-electron chi connectivity index (χ2n) is 5.29. The van der Waals surface area contributed by atoms with Gasteiger partial charge in [-0.15, -0.1) is 0 Å². The third-order valence-electron chi connectivity index (χ3n) is 3.85. The third-order valence-corrected chi connectivity index (χ3v) is 3.85. The maximum atomic E-state index is 4.42. The number of nitrogens with zero attached hydrogens (tertiary/aromatic N) is 7. The molecule has 3 rings (SSSR count). The molecule has 0 radical (unpaired) electrons. The van der Waals surface area contributed by atoms with E-state index in [0.717, 1.165) is 51.0 Å². The Labute approximate surface area is 135 Å². The summed E-state index contributed by atoms with van der Waals surface area (Å²) in [5.74, 6) is 1.98. The first-order valence-electron chi connectivity index (χ1n) is 7.81. The molecule has 0 unspecified atom stereocenters. The molecule has 8 nitrogen and oxygen atoms in total. The van der Waals surface area contributed by atoms with E-state index in [9.17, 15) is 0 Å². The largest absolute Gasteiger partial charge is 0.354 e. The Morgan fingerprint density at radius 1 is 1.26 bits per heavy atom. The van der Waals surface area contributed by atoms with E-state index in [2.05, 4.69) is 41.2 Å². The molecule has 1 aliphatic heterocycles. The zero-order chi connectivity index (χ0) is 15.9. The smallest absolute Gasteiger partial charge is 0.193 e. The van der Waals surface area contributed by atoms with Crippen molar-refractivity contribution in [1.82, 2.24) is 30.0 Å². The number of hydrogen-bond donors (Lipinski definition) is 1. The monoisotopic (exact) mass is 314 g/mol. The predicted octanol–water partition coefficient (Wildman–Crippen LogP) is 0.0707. The molecule has 3 heterocycles. The Morgan fingerprint density at radius 3 is 2.78 bits per heavy atom. The van der Waals surface area contributed by atoms with Crippen molar-refractivity contribution in [3.63, 3.8) is 0 Å². The van der Waals surface area contributed by atoms with E-state index < -0.39 is 0 Å². The van der Waals surface area contributed by atoms with Crippen LogP contribution < -0.4 is 10.2 Å². The lowest BCUT2D eigenvalue weighted by Gasteiger charge is -2.37. The molecule has 1 N–H and O–H groups in total. The summed E-state index contributed by atoms with van der Waals surface area (Å²) in [6.07, 6.45) is 5.11. The Balaban J connectivity index is 1.47. The fourth-order valence-corrected chi connectivity index (χ4v) is 2.65. The molecule has 1 fully saturated rings. The number of aliphatic imine (C=N–C) groups is 1. The van der Waals surface area contributed by atoms with E-state index in [1.165, 1.54) is 0 Å². The molecule has 8 heteroatoms. The lowest BCUT2D eigenvalue weighted by Crippen LogP contribution is -2.53. The fraction of sp³-hybridized carbons (Fsp3) is 0.467. The second-order valence-corrected chi connectivity index (χ2v) is 5.29. The molecule has 23 heavy (non-hydrogen) atoms. The Bertz CT molecular complexity index is 602. The van der Waals surface area contributed by atoms with Gasteiger partial charge < -0.3 is 15.1 Å². The maximum Gasteiger partial charge on any atom is 0.193 e. The van der Waals surface area contributed by atoms with Gasteiger partial charge in [-0.25, -0.2) is 9.97 Å². The molecule has 0 bridgehead atoms. The maximum absolute atomic E-state index is 4.42. The number of guanidine groups is 1. The van der Waals surface area contributed by atoms with Crippen LogP contribution in [0.15, 0.2) is 42.0 Å². The van der Waals surface area contributed by atoms with Gasteiger partial charge in [0.1, 0.15) is 18.5 Å². The summed E-state index contributed by atoms with van der Waals surface area (Å²) >= 11 is 0. The first kappa shape index (κ1) is 15.3. The van der Waals surface area contributed by atoms with Crippen molar-refractivity contribution >= 4 is 11.8 Å². The molecule has 1 aliphatic rings. The Hall–Kier alpha value is -2.64. The molecule has 0 spiro atoms. The Morgan fingerprint density at radius 2 is 2.13 bits per heavy atom. The van der Waals surface area contributed by atoms with Crippen LogP contribution in [-0.2, 0) is 6.54 Å². The highest BCUT2D eigenvalue weighted by Gasteiger charge is 2.20. The Kier molecular flexibility index (Phi) is 5.02. The van der Waals surface area contributed by atoms with Gasteiger partial charge in [0.25, 0.3) is 0 Å². The molecule has 1 saturated heterocycles. The third kappa shape index (κ3) is 3.97. The summed E-state index contributed by atoms with van der Waals surface area (Å²) in [5, 5.41) is 7.48. The number of rotatable bonds is 4. The molecule has 122 valence electrons. The van der Waals surface area contributed by atoms with Gasteiger partial charge in [-0.05, 0) is 12.1 Å². The van der Waals surface area contributed by atoms with Crippen LogP contribution in [0.1, 0.15) is 0 Å². The van der Waals surface area contributed by atoms with E-state index in [-0.39, 0.29) is 0 Å². The molecule has 2 aromatic rings. The topological polar surface area (TPSA) is 74.5 Å². The van der Waals surface area contributed by atoms with Gasteiger partial charge in [0.15, 0.2) is 5.96 Å². The van der Waals surface area contributed by atoms with Gasteiger partial charge in [-0.1, -0.05) is 6.07 Å². The minimum absolute atomic E-state index is 0.771. The number of piperazine rings is 1. The number of nitrogens with one attached hydrogen (secondary N) is 1. The first-order valence-corrected chi connectivity index (χ1v) is 7.81. The van der Waals surface area contributed by atoms with Gasteiger partial charge in [0.2, 0.25) is 0 Å². The highest BCUT2D eigenvalue weighted by atomic mass is 15.4. The van der Waals surface area contributed by atoms with Crippen molar-refractivity contribution < 1.29 is 0 Å². The lowest BCUT2D eigenvalue weighted by atomic mass is 10.3. The molecular formula is C15H22N8. The van der Waals surface area contributed by atoms with Gasteiger partial charge in [0.05, 0.1) is 6.54 Å². The van der Waals surface area contributed by atoms with Crippen LogP contribution in [0, 0.1) is 0 Å². The standard InChI is InChI=1S/C15H22N8/c1-16-15(19-6-7-23-13-17-12-20-23)22-10-8-21(9-11-22)14-4-2-3-5-18-14/h2-5,12-13H,6-11H2,1H3,(H,16,19). The number of aromatic nitrogens is 4. The van der Waals surface area contributed by atoms with Gasteiger partial charge >= 0.3 is 0 Å². The molecule has 0 saturated carbocycles. The van der Waals surface area contributed by atoms with Crippen LogP contribution in [0.2, 0.25) is 0 Å². The summed E-state index contributed by atoms with van der Waals surface area (Å²) in [7, 11) is 1.82. The van der Waals surface area contributed by atoms with Crippen molar-refractivity contribution in [2.45, 2.75) is 6.54 Å². The second kappa shape index (κ2) is 7.57. The van der Waals surface area contributed by atoms with Gasteiger partial charge in [-0.3, -0.25) is 9.67 Å². The molecule has 0 atom stereocenters. The summed E-state index contributed by atoms with van der Waals surface area (Å²) in [6.45, 7) is 5.30. The summed E-state index contributed by atoms with van der Waals surface area (Å²) in [6, 6.07) is 6.03. The zero-order valence-electron chi connectivity index (χ0n) is 13.3. The molecule has 0 aliphatic carbocycles. The lowest BCUT2D eigenvalue weighted by molar-refractivity contribution is 0.370. The van der Waals surface area contributed by atoms with Crippen LogP contribution in [0.4, 0.5) is 5.82 Å². The van der Waals surface area contributed by atoms with Crippen molar-refractivity contribution in [2.24, 2.45) is 4.99 Å². The molecule has 0 amide bonds. The molecule has 2 aromatic heterocycles. The highest BCUT2D eigenvalue weighted by Crippen LogP contribution is 2.12. The summed E-state index contributed by atoms with van der Waals surface area (Å²) < 4.78 is 1.80. The van der Waals surface area contributed by atoms with Crippen molar-refractivity contribution in [1.29, 1.82) is 0 Å². The van der Waals surface area contributed by atoms with Crippen molar-refractivity contribution in [3.8, 4) is 0 Å². The van der Waals surface area contributed by atoms with E-state index in [1.807, 2.05) is 25.4 Å².